The summed E-state index contributed by atoms with van der Waals surface area (Å²) < 4.78 is 7.53. The molecule has 96 valence electrons. The van der Waals surface area contributed by atoms with Gasteiger partial charge in [0, 0.05) is 13.2 Å². The number of aryl methyl sites for hydroxylation is 1. The van der Waals surface area contributed by atoms with Gasteiger partial charge < -0.3 is 10.1 Å². The third-order valence-corrected chi connectivity index (χ3v) is 3.05. The first-order valence-electron chi connectivity index (χ1n) is 6.59. The van der Waals surface area contributed by atoms with E-state index in [1.54, 1.807) is 0 Å². The van der Waals surface area contributed by atoms with Gasteiger partial charge in [-0.25, -0.2) is 4.98 Å². The topological polar surface area (TPSA) is 52.0 Å². The molecular formula is C12H22N4O. The molecule has 1 atom stereocenters. The Morgan fingerprint density at radius 2 is 2.53 bits per heavy atom. The zero-order chi connectivity index (χ0) is 11.9. The second kappa shape index (κ2) is 6.71. The Hall–Kier alpha value is -0.940. The summed E-state index contributed by atoms with van der Waals surface area (Å²) in [6, 6.07) is 0. The summed E-state index contributed by atoms with van der Waals surface area (Å²) in [5.41, 5.74) is 0. The van der Waals surface area contributed by atoms with Gasteiger partial charge in [-0.05, 0) is 32.2 Å². The molecular weight excluding hydrogens is 216 g/mol. The highest BCUT2D eigenvalue weighted by molar-refractivity contribution is 4.80. The molecule has 0 spiro atoms. The molecule has 1 aliphatic heterocycles. The molecule has 1 unspecified atom stereocenters. The van der Waals surface area contributed by atoms with E-state index >= 15 is 0 Å². The lowest BCUT2D eigenvalue weighted by atomic mass is 10.1. The van der Waals surface area contributed by atoms with E-state index < -0.39 is 0 Å². The monoisotopic (exact) mass is 238 g/mol. The Balaban J connectivity index is 1.65. The molecule has 0 aliphatic carbocycles. The average Bonchev–Trinajstić information content (AvgIpc) is 2.98. The lowest BCUT2D eigenvalue weighted by Gasteiger charge is -2.08. The van der Waals surface area contributed by atoms with Crippen LogP contribution in [0.4, 0.5) is 0 Å². The first-order chi connectivity index (χ1) is 8.38. The largest absolute Gasteiger partial charge is 0.378 e. The molecule has 17 heavy (non-hydrogen) atoms. The summed E-state index contributed by atoms with van der Waals surface area (Å²) in [6.07, 6.45) is 7.02. The second-order valence-corrected chi connectivity index (χ2v) is 4.48. The SMILES string of the molecule is CCNCc1ncn(CCCC2CCCO2)n1. The van der Waals surface area contributed by atoms with Crippen LogP contribution in [-0.2, 0) is 17.8 Å². The van der Waals surface area contributed by atoms with Crippen molar-refractivity contribution in [3.05, 3.63) is 12.2 Å². The number of aromatic nitrogens is 3. The summed E-state index contributed by atoms with van der Waals surface area (Å²) in [5.74, 6) is 0.879. The smallest absolute Gasteiger partial charge is 0.164 e. The Morgan fingerprint density at radius 3 is 3.29 bits per heavy atom. The van der Waals surface area contributed by atoms with Gasteiger partial charge in [-0.2, -0.15) is 5.10 Å². The van der Waals surface area contributed by atoms with Crippen molar-refractivity contribution in [1.29, 1.82) is 0 Å². The molecule has 1 aromatic rings. The first-order valence-corrected chi connectivity index (χ1v) is 6.59. The van der Waals surface area contributed by atoms with E-state index in [-0.39, 0.29) is 0 Å². The fraction of sp³-hybridized carbons (Fsp3) is 0.833. The fourth-order valence-corrected chi connectivity index (χ4v) is 2.11. The minimum Gasteiger partial charge on any atom is -0.378 e. The number of hydrogen-bond donors (Lipinski definition) is 1. The summed E-state index contributed by atoms with van der Waals surface area (Å²) in [7, 11) is 0. The predicted octanol–water partition coefficient (Wildman–Crippen LogP) is 1.35. The Morgan fingerprint density at radius 1 is 1.59 bits per heavy atom. The predicted molar refractivity (Wildman–Crippen MR) is 65.6 cm³/mol. The summed E-state index contributed by atoms with van der Waals surface area (Å²) in [4.78, 5) is 4.26. The molecule has 0 saturated carbocycles. The van der Waals surface area contributed by atoms with Crippen molar-refractivity contribution < 1.29 is 4.74 Å². The van der Waals surface area contributed by atoms with E-state index in [2.05, 4.69) is 22.3 Å². The minimum absolute atomic E-state index is 0.486. The third-order valence-electron chi connectivity index (χ3n) is 3.05. The van der Waals surface area contributed by atoms with Gasteiger partial charge in [0.15, 0.2) is 5.82 Å². The number of nitrogens with zero attached hydrogens (tertiary/aromatic N) is 3. The zero-order valence-electron chi connectivity index (χ0n) is 10.6. The molecule has 5 heteroatoms. The maximum Gasteiger partial charge on any atom is 0.164 e. The van der Waals surface area contributed by atoms with Crippen LogP contribution in [0.2, 0.25) is 0 Å². The highest BCUT2D eigenvalue weighted by Crippen LogP contribution is 2.16. The van der Waals surface area contributed by atoms with Crippen molar-refractivity contribution in [3.63, 3.8) is 0 Å². The second-order valence-electron chi connectivity index (χ2n) is 4.48. The summed E-state index contributed by atoms with van der Waals surface area (Å²) >= 11 is 0. The van der Waals surface area contributed by atoms with Crippen molar-refractivity contribution in [2.75, 3.05) is 13.2 Å². The Kier molecular flexibility index (Phi) is 4.94. The van der Waals surface area contributed by atoms with Gasteiger partial charge in [-0.1, -0.05) is 6.92 Å². The quantitative estimate of drug-likeness (QED) is 0.779. The van der Waals surface area contributed by atoms with Gasteiger partial charge >= 0.3 is 0 Å². The van der Waals surface area contributed by atoms with Crippen molar-refractivity contribution in [3.8, 4) is 0 Å². The van der Waals surface area contributed by atoms with E-state index in [0.29, 0.717) is 6.10 Å². The van der Waals surface area contributed by atoms with Crippen LogP contribution in [0.3, 0.4) is 0 Å². The molecule has 1 saturated heterocycles. The Bertz CT molecular complexity index is 320. The Labute approximate surface area is 103 Å². The molecule has 1 aliphatic rings. The molecule has 1 N–H and O–H groups in total. The lowest BCUT2D eigenvalue weighted by molar-refractivity contribution is 0.101. The number of hydrogen-bond acceptors (Lipinski definition) is 4. The maximum absolute atomic E-state index is 5.59. The highest BCUT2D eigenvalue weighted by atomic mass is 16.5. The molecule has 0 radical (unpaired) electrons. The fourth-order valence-electron chi connectivity index (χ4n) is 2.11. The molecule has 1 fully saturated rings. The van der Waals surface area contributed by atoms with E-state index in [4.69, 9.17) is 4.74 Å². The van der Waals surface area contributed by atoms with Gasteiger partial charge in [0.25, 0.3) is 0 Å². The van der Waals surface area contributed by atoms with Crippen molar-refractivity contribution in [2.45, 2.75) is 51.8 Å². The van der Waals surface area contributed by atoms with Gasteiger partial charge in [-0.15, -0.1) is 0 Å². The minimum atomic E-state index is 0.486. The van der Waals surface area contributed by atoms with Gasteiger partial charge in [-0.3, -0.25) is 4.68 Å². The molecule has 0 aromatic carbocycles. The standard InChI is InChI=1S/C12H22N4O/c1-2-13-9-12-14-10-16(15-12)7-3-5-11-6-4-8-17-11/h10-11,13H,2-9H2,1H3. The number of ether oxygens (including phenoxy) is 1. The van der Waals surface area contributed by atoms with Crippen LogP contribution >= 0.6 is 0 Å². The normalized spacial score (nSPS) is 19.9. The zero-order valence-corrected chi connectivity index (χ0v) is 10.6. The first kappa shape index (κ1) is 12.5. The van der Waals surface area contributed by atoms with Gasteiger partial charge in [0.05, 0.1) is 12.6 Å². The van der Waals surface area contributed by atoms with Crippen LogP contribution in [0, 0.1) is 0 Å². The lowest BCUT2D eigenvalue weighted by Crippen LogP contribution is -2.13. The molecule has 0 bridgehead atoms. The number of nitrogens with one attached hydrogen (secondary N) is 1. The highest BCUT2D eigenvalue weighted by Gasteiger charge is 2.14. The summed E-state index contributed by atoms with van der Waals surface area (Å²) in [5, 5.41) is 7.63. The van der Waals surface area contributed by atoms with E-state index in [0.717, 1.165) is 44.9 Å². The molecule has 5 nitrogen and oxygen atoms in total. The van der Waals surface area contributed by atoms with Crippen LogP contribution in [-0.4, -0.2) is 34.0 Å². The maximum atomic E-state index is 5.59. The van der Waals surface area contributed by atoms with Gasteiger partial charge in [0.2, 0.25) is 0 Å². The number of rotatable bonds is 7. The molecule has 2 rings (SSSR count). The van der Waals surface area contributed by atoms with E-state index in [1.165, 1.54) is 12.8 Å². The molecule has 2 heterocycles. The van der Waals surface area contributed by atoms with Crippen molar-refractivity contribution >= 4 is 0 Å². The van der Waals surface area contributed by atoms with Crippen LogP contribution in [0.5, 0.6) is 0 Å². The van der Waals surface area contributed by atoms with Crippen LogP contribution < -0.4 is 5.32 Å². The van der Waals surface area contributed by atoms with Crippen LogP contribution in [0.15, 0.2) is 6.33 Å². The van der Waals surface area contributed by atoms with Gasteiger partial charge in [0.1, 0.15) is 6.33 Å². The molecule has 0 amide bonds. The molecule has 1 aromatic heterocycles. The van der Waals surface area contributed by atoms with Crippen LogP contribution in [0.25, 0.3) is 0 Å². The third kappa shape index (κ3) is 4.09. The van der Waals surface area contributed by atoms with E-state index in [1.807, 2.05) is 11.0 Å². The van der Waals surface area contributed by atoms with Crippen molar-refractivity contribution in [1.82, 2.24) is 20.1 Å². The average molecular weight is 238 g/mol. The van der Waals surface area contributed by atoms with Crippen molar-refractivity contribution in [2.24, 2.45) is 0 Å². The van der Waals surface area contributed by atoms with E-state index in [9.17, 15) is 0 Å². The van der Waals surface area contributed by atoms with Crippen LogP contribution in [0.1, 0.15) is 38.4 Å². The summed E-state index contributed by atoms with van der Waals surface area (Å²) in [6.45, 7) is 5.68.